The normalized spacial score (nSPS) is 15.0. The maximum atomic E-state index is 12.4. The number of nitrogens with zero attached hydrogens (tertiary/aromatic N) is 2. The van der Waals surface area contributed by atoms with E-state index in [1.807, 2.05) is 73.6 Å². The number of anilines is 2. The number of piperidine rings is 1. The van der Waals surface area contributed by atoms with Gasteiger partial charge in [-0.2, -0.15) is 0 Å². The second-order valence-corrected chi connectivity index (χ2v) is 7.74. The minimum absolute atomic E-state index is 0.00438. The highest BCUT2D eigenvalue weighted by atomic mass is 16.2. The van der Waals surface area contributed by atoms with Crippen molar-refractivity contribution >= 4 is 23.2 Å². The van der Waals surface area contributed by atoms with Crippen molar-refractivity contribution in [1.82, 2.24) is 10.2 Å². The summed E-state index contributed by atoms with van der Waals surface area (Å²) in [7, 11) is 4.01. The highest BCUT2D eigenvalue weighted by molar-refractivity contribution is 5.92. The van der Waals surface area contributed by atoms with E-state index in [2.05, 4.69) is 15.5 Å². The van der Waals surface area contributed by atoms with Gasteiger partial charge in [-0.25, -0.2) is 0 Å². The van der Waals surface area contributed by atoms with Crippen molar-refractivity contribution in [2.45, 2.75) is 19.4 Å². The third-order valence-electron chi connectivity index (χ3n) is 5.31. The molecule has 0 atom stereocenters. The van der Waals surface area contributed by atoms with E-state index in [-0.39, 0.29) is 17.7 Å². The van der Waals surface area contributed by atoms with Crippen LogP contribution < -0.4 is 15.5 Å². The van der Waals surface area contributed by atoms with Gasteiger partial charge in [-0.3, -0.25) is 14.5 Å². The zero-order valence-corrected chi connectivity index (χ0v) is 17.2. The molecule has 1 heterocycles. The van der Waals surface area contributed by atoms with Crippen LogP contribution in [0.5, 0.6) is 0 Å². The third-order valence-corrected chi connectivity index (χ3v) is 5.31. The Morgan fingerprint density at radius 2 is 1.66 bits per heavy atom. The zero-order valence-electron chi connectivity index (χ0n) is 17.2. The maximum Gasteiger partial charge on any atom is 0.234 e. The molecular formula is C23H30N4O2. The average Bonchev–Trinajstić information content (AvgIpc) is 2.74. The van der Waals surface area contributed by atoms with Gasteiger partial charge in [0.2, 0.25) is 11.8 Å². The van der Waals surface area contributed by atoms with Crippen molar-refractivity contribution in [3.8, 4) is 0 Å². The molecule has 154 valence electrons. The van der Waals surface area contributed by atoms with Gasteiger partial charge < -0.3 is 15.5 Å². The molecule has 1 aliphatic heterocycles. The Morgan fingerprint density at radius 3 is 2.28 bits per heavy atom. The summed E-state index contributed by atoms with van der Waals surface area (Å²) in [5.74, 6) is 0.0973. The molecule has 0 aromatic heterocycles. The first-order valence-corrected chi connectivity index (χ1v) is 10.1. The van der Waals surface area contributed by atoms with E-state index in [4.69, 9.17) is 0 Å². The van der Waals surface area contributed by atoms with E-state index >= 15 is 0 Å². The minimum atomic E-state index is 0.00438. The summed E-state index contributed by atoms with van der Waals surface area (Å²) < 4.78 is 0. The van der Waals surface area contributed by atoms with Gasteiger partial charge in [-0.1, -0.05) is 30.3 Å². The van der Waals surface area contributed by atoms with Gasteiger partial charge in [0.25, 0.3) is 0 Å². The van der Waals surface area contributed by atoms with Crippen LogP contribution >= 0.6 is 0 Å². The molecule has 29 heavy (non-hydrogen) atoms. The largest absolute Gasteiger partial charge is 0.378 e. The average molecular weight is 395 g/mol. The quantitative estimate of drug-likeness (QED) is 0.758. The Bertz CT molecular complexity index is 797. The van der Waals surface area contributed by atoms with Crippen LogP contribution in [0.1, 0.15) is 18.4 Å². The van der Waals surface area contributed by atoms with Crippen molar-refractivity contribution in [1.29, 1.82) is 0 Å². The van der Waals surface area contributed by atoms with Gasteiger partial charge in [-0.15, -0.1) is 0 Å². The number of carbonyl (C=O) groups is 2. The summed E-state index contributed by atoms with van der Waals surface area (Å²) in [4.78, 5) is 28.9. The predicted octanol–water partition coefficient (Wildman–Crippen LogP) is 2.72. The molecule has 2 N–H and O–H groups in total. The summed E-state index contributed by atoms with van der Waals surface area (Å²) in [6.07, 6.45) is 1.55. The van der Waals surface area contributed by atoms with Crippen molar-refractivity contribution in [2.75, 3.05) is 43.9 Å². The fraction of sp³-hybridized carbons (Fsp3) is 0.391. The smallest absolute Gasteiger partial charge is 0.234 e. The molecule has 1 saturated heterocycles. The molecule has 3 rings (SSSR count). The predicted molar refractivity (Wildman–Crippen MR) is 117 cm³/mol. The van der Waals surface area contributed by atoms with Crippen molar-refractivity contribution in [2.24, 2.45) is 5.92 Å². The summed E-state index contributed by atoms with van der Waals surface area (Å²) in [6, 6.07) is 17.7. The zero-order chi connectivity index (χ0) is 20.6. The Kier molecular flexibility index (Phi) is 7.25. The number of hydrogen-bond acceptors (Lipinski definition) is 4. The van der Waals surface area contributed by atoms with Crippen LogP contribution in [0.15, 0.2) is 54.6 Å². The van der Waals surface area contributed by atoms with E-state index in [1.54, 1.807) is 0 Å². The molecule has 0 bridgehead atoms. The van der Waals surface area contributed by atoms with E-state index in [0.29, 0.717) is 13.1 Å². The monoisotopic (exact) mass is 394 g/mol. The molecule has 2 amide bonds. The molecule has 0 aliphatic carbocycles. The van der Waals surface area contributed by atoms with Gasteiger partial charge in [0.1, 0.15) is 0 Å². The highest BCUT2D eigenvalue weighted by Crippen LogP contribution is 2.19. The molecule has 1 aliphatic rings. The Morgan fingerprint density at radius 1 is 1.00 bits per heavy atom. The number of rotatable bonds is 7. The third kappa shape index (κ3) is 6.32. The van der Waals surface area contributed by atoms with Crippen LogP contribution in [0, 0.1) is 5.92 Å². The fourth-order valence-corrected chi connectivity index (χ4v) is 3.49. The summed E-state index contributed by atoms with van der Waals surface area (Å²) in [5, 5.41) is 5.96. The number of benzene rings is 2. The first-order chi connectivity index (χ1) is 14.0. The van der Waals surface area contributed by atoms with E-state index in [9.17, 15) is 9.59 Å². The molecule has 6 heteroatoms. The van der Waals surface area contributed by atoms with Crippen LogP contribution in [-0.2, 0) is 16.1 Å². The lowest BCUT2D eigenvalue weighted by atomic mass is 9.96. The van der Waals surface area contributed by atoms with E-state index in [1.165, 1.54) is 0 Å². The van der Waals surface area contributed by atoms with Gasteiger partial charge >= 0.3 is 0 Å². The number of likely N-dealkylation sites (tertiary alicyclic amines) is 1. The fourth-order valence-electron chi connectivity index (χ4n) is 3.49. The highest BCUT2D eigenvalue weighted by Gasteiger charge is 2.25. The first-order valence-electron chi connectivity index (χ1n) is 10.1. The van der Waals surface area contributed by atoms with Gasteiger partial charge in [0, 0.05) is 37.9 Å². The molecule has 2 aromatic carbocycles. The lowest BCUT2D eigenvalue weighted by molar-refractivity contribution is -0.123. The molecule has 1 fully saturated rings. The topological polar surface area (TPSA) is 64.7 Å². The molecule has 6 nitrogen and oxygen atoms in total. The van der Waals surface area contributed by atoms with E-state index < -0.39 is 0 Å². The van der Waals surface area contributed by atoms with Crippen molar-refractivity contribution in [3.05, 3.63) is 60.2 Å². The van der Waals surface area contributed by atoms with Crippen LogP contribution in [0.2, 0.25) is 0 Å². The minimum Gasteiger partial charge on any atom is -0.378 e. The van der Waals surface area contributed by atoms with E-state index in [0.717, 1.165) is 42.9 Å². The summed E-state index contributed by atoms with van der Waals surface area (Å²) in [5.41, 5.74) is 3.05. The number of amides is 2. The molecule has 0 spiro atoms. The van der Waals surface area contributed by atoms with Crippen LogP contribution in [0.3, 0.4) is 0 Å². The summed E-state index contributed by atoms with van der Waals surface area (Å²) in [6.45, 7) is 2.43. The van der Waals surface area contributed by atoms with Gasteiger partial charge in [0.05, 0.1) is 6.54 Å². The van der Waals surface area contributed by atoms with Crippen molar-refractivity contribution < 1.29 is 9.59 Å². The van der Waals surface area contributed by atoms with Gasteiger partial charge in [0.15, 0.2) is 0 Å². The molecule has 2 aromatic rings. The molecule has 0 radical (unpaired) electrons. The maximum absolute atomic E-state index is 12.4. The van der Waals surface area contributed by atoms with Crippen molar-refractivity contribution in [3.63, 3.8) is 0 Å². The lowest BCUT2D eigenvalue weighted by Gasteiger charge is -2.30. The summed E-state index contributed by atoms with van der Waals surface area (Å²) >= 11 is 0. The SMILES string of the molecule is CN(C)c1ccc(CNC(=O)CN2CCC(C(=O)Nc3ccccc3)CC2)cc1. The first kappa shape index (κ1) is 20.9. The number of carbonyl (C=O) groups excluding carboxylic acids is 2. The van der Waals surface area contributed by atoms with Crippen LogP contribution in [-0.4, -0.2) is 50.4 Å². The second-order valence-electron chi connectivity index (χ2n) is 7.74. The Hall–Kier alpha value is -2.86. The standard InChI is InChI=1S/C23H30N4O2/c1-26(2)21-10-8-18(9-11-21)16-24-22(28)17-27-14-12-19(13-15-27)23(29)25-20-6-4-3-5-7-20/h3-11,19H,12-17H2,1-2H3,(H,24,28)(H,25,29). The van der Waals surface area contributed by atoms with Gasteiger partial charge in [-0.05, 0) is 55.8 Å². The van der Waals surface area contributed by atoms with Crippen LogP contribution in [0.4, 0.5) is 11.4 Å². The van der Waals surface area contributed by atoms with Crippen LogP contribution in [0.25, 0.3) is 0 Å². The number of para-hydroxylation sites is 1. The number of hydrogen-bond donors (Lipinski definition) is 2. The molecule has 0 unspecified atom stereocenters. The number of nitrogens with one attached hydrogen (secondary N) is 2. The molecule has 0 saturated carbocycles. The molecular weight excluding hydrogens is 364 g/mol. The second kappa shape index (κ2) is 10.1. The Labute approximate surface area is 172 Å². The lowest BCUT2D eigenvalue weighted by Crippen LogP contribution is -2.43. The Balaban J connectivity index is 1.37.